The summed E-state index contributed by atoms with van der Waals surface area (Å²) in [6, 6.07) is 3.13. The van der Waals surface area contributed by atoms with Gasteiger partial charge >= 0.3 is 6.18 Å². The molecule has 5 rings (SSSR count). The number of nitrogens with zero attached hydrogens (tertiary/aromatic N) is 5. The molecule has 1 unspecified atom stereocenters. The van der Waals surface area contributed by atoms with Crippen molar-refractivity contribution in [1.29, 1.82) is 0 Å². The standard InChI is InChI=1S/C27H34F3N7O2/c1-3-36-22(8-9-32-36)26(39)35-24(18-6-4-16(2)5-7-18)21-15-37-23(34-21)11-17(13-33-37)10-19-12-20(27(28,29)30)14-31-25(19)38/h8-9,11,13,15-16,18-20,24H,3-7,10,12,14H2,1-2H3,(H,31,38)(H,35,39)/t16-,18-,19?,20-,24+/m1/s1. The highest BCUT2D eigenvalue weighted by molar-refractivity contribution is 5.92. The highest BCUT2D eigenvalue weighted by Crippen LogP contribution is 2.37. The molecule has 0 spiro atoms. The number of amides is 2. The molecule has 12 heteroatoms. The van der Waals surface area contributed by atoms with Crippen molar-refractivity contribution in [3.05, 3.63) is 47.7 Å². The van der Waals surface area contributed by atoms with Crippen molar-refractivity contribution in [2.45, 2.75) is 71.1 Å². The van der Waals surface area contributed by atoms with E-state index in [1.54, 1.807) is 39.9 Å². The van der Waals surface area contributed by atoms with E-state index in [9.17, 15) is 22.8 Å². The van der Waals surface area contributed by atoms with Gasteiger partial charge in [-0.2, -0.15) is 23.4 Å². The molecule has 1 saturated carbocycles. The van der Waals surface area contributed by atoms with Crippen molar-refractivity contribution in [2.24, 2.45) is 23.7 Å². The summed E-state index contributed by atoms with van der Waals surface area (Å²) in [4.78, 5) is 30.4. The Morgan fingerprint density at radius 3 is 2.72 bits per heavy atom. The number of piperidine rings is 1. The molecule has 0 radical (unpaired) electrons. The average Bonchev–Trinajstić information content (AvgIpc) is 3.55. The number of aromatic nitrogens is 5. The van der Waals surface area contributed by atoms with Gasteiger partial charge in [-0.3, -0.25) is 14.3 Å². The molecule has 1 saturated heterocycles. The number of alkyl halides is 3. The first-order valence-electron chi connectivity index (χ1n) is 13.6. The minimum Gasteiger partial charge on any atom is -0.355 e. The van der Waals surface area contributed by atoms with Gasteiger partial charge in [-0.25, -0.2) is 9.50 Å². The molecule has 3 atom stereocenters. The number of imidazole rings is 1. The van der Waals surface area contributed by atoms with Gasteiger partial charge in [0, 0.05) is 25.2 Å². The summed E-state index contributed by atoms with van der Waals surface area (Å²) in [5.41, 5.74) is 2.33. The van der Waals surface area contributed by atoms with Gasteiger partial charge in [0.2, 0.25) is 5.91 Å². The number of fused-ring (bicyclic) bond motifs is 1. The van der Waals surface area contributed by atoms with Gasteiger partial charge in [0.05, 0.1) is 30.0 Å². The number of hydrogen-bond donors (Lipinski definition) is 2. The zero-order valence-electron chi connectivity index (χ0n) is 22.1. The molecule has 3 aromatic rings. The lowest BCUT2D eigenvalue weighted by atomic mass is 9.78. The van der Waals surface area contributed by atoms with Crippen LogP contribution in [-0.4, -0.2) is 48.9 Å². The topological polar surface area (TPSA) is 106 Å². The van der Waals surface area contributed by atoms with Crippen LogP contribution in [0.4, 0.5) is 13.2 Å². The van der Waals surface area contributed by atoms with E-state index in [1.165, 1.54) is 0 Å². The van der Waals surface area contributed by atoms with Gasteiger partial charge in [-0.1, -0.05) is 19.8 Å². The average molecular weight is 546 g/mol. The molecule has 1 aliphatic heterocycles. The molecule has 2 amide bonds. The molecule has 9 nitrogen and oxygen atoms in total. The smallest absolute Gasteiger partial charge is 0.355 e. The molecule has 0 bridgehead atoms. The van der Waals surface area contributed by atoms with Crippen LogP contribution < -0.4 is 10.6 Å². The van der Waals surface area contributed by atoms with Gasteiger partial charge in [0.15, 0.2) is 5.65 Å². The second kappa shape index (κ2) is 11.0. The van der Waals surface area contributed by atoms with Crippen LogP contribution in [0.5, 0.6) is 0 Å². The third-order valence-corrected chi connectivity index (χ3v) is 8.19. The lowest BCUT2D eigenvalue weighted by Gasteiger charge is -2.32. The Morgan fingerprint density at radius 2 is 2.00 bits per heavy atom. The predicted octanol–water partition coefficient (Wildman–Crippen LogP) is 4.10. The van der Waals surface area contributed by atoms with Crippen LogP contribution in [0.2, 0.25) is 0 Å². The van der Waals surface area contributed by atoms with E-state index in [0.717, 1.165) is 25.7 Å². The monoisotopic (exact) mass is 545 g/mol. The Bertz CT molecular complexity index is 1330. The summed E-state index contributed by atoms with van der Waals surface area (Å²) in [6.45, 7) is 4.36. The third-order valence-electron chi connectivity index (χ3n) is 8.19. The number of hydrogen-bond acceptors (Lipinski definition) is 5. The molecule has 2 aliphatic rings. The number of halogens is 3. The van der Waals surface area contributed by atoms with Crippen molar-refractivity contribution in [1.82, 2.24) is 35.0 Å². The highest BCUT2D eigenvalue weighted by Gasteiger charge is 2.44. The molecule has 3 aromatic heterocycles. The van der Waals surface area contributed by atoms with Crippen molar-refractivity contribution in [3.8, 4) is 0 Å². The minimum atomic E-state index is -4.35. The fourth-order valence-electron chi connectivity index (χ4n) is 5.85. The first-order chi connectivity index (χ1) is 18.6. The Hall–Kier alpha value is -3.44. The first-order valence-corrected chi connectivity index (χ1v) is 13.6. The normalized spacial score (nSPS) is 24.9. The number of carbonyl (C=O) groups is 2. The molecule has 2 fully saturated rings. The summed E-state index contributed by atoms with van der Waals surface area (Å²) in [5.74, 6) is -2.09. The summed E-state index contributed by atoms with van der Waals surface area (Å²) in [5, 5.41) is 14.2. The van der Waals surface area contributed by atoms with Crippen LogP contribution in [-0.2, 0) is 17.8 Å². The Morgan fingerprint density at radius 1 is 1.23 bits per heavy atom. The zero-order chi connectivity index (χ0) is 27.7. The Kier molecular flexibility index (Phi) is 7.64. The summed E-state index contributed by atoms with van der Waals surface area (Å²) < 4.78 is 43.0. The number of carbonyl (C=O) groups excluding carboxylic acids is 2. The largest absolute Gasteiger partial charge is 0.393 e. The lowest BCUT2D eigenvalue weighted by Crippen LogP contribution is -2.47. The minimum absolute atomic E-state index is 0.145. The van der Waals surface area contributed by atoms with Crippen molar-refractivity contribution < 1.29 is 22.8 Å². The number of rotatable bonds is 7. The maximum Gasteiger partial charge on any atom is 0.393 e. The molecule has 39 heavy (non-hydrogen) atoms. The summed E-state index contributed by atoms with van der Waals surface area (Å²) in [7, 11) is 0. The molecule has 0 aromatic carbocycles. The number of nitrogens with one attached hydrogen (secondary N) is 2. The van der Waals surface area contributed by atoms with Gasteiger partial charge in [-0.05, 0) is 62.1 Å². The van der Waals surface area contributed by atoms with E-state index in [4.69, 9.17) is 4.98 Å². The van der Waals surface area contributed by atoms with E-state index in [1.807, 2.05) is 6.92 Å². The Balaban J connectivity index is 1.38. The van der Waals surface area contributed by atoms with Crippen LogP contribution in [0.3, 0.4) is 0 Å². The van der Waals surface area contributed by atoms with Crippen LogP contribution >= 0.6 is 0 Å². The highest BCUT2D eigenvalue weighted by atomic mass is 19.4. The lowest BCUT2D eigenvalue weighted by molar-refractivity contribution is -0.183. The second-order valence-corrected chi connectivity index (χ2v) is 11.0. The van der Waals surface area contributed by atoms with Crippen molar-refractivity contribution in [2.75, 3.05) is 6.54 Å². The molecule has 4 heterocycles. The predicted molar refractivity (Wildman–Crippen MR) is 137 cm³/mol. The van der Waals surface area contributed by atoms with Crippen LogP contribution in [0.1, 0.15) is 73.7 Å². The maximum absolute atomic E-state index is 13.3. The van der Waals surface area contributed by atoms with Crippen LogP contribution in [0.25, 0.3) is 5.65 Å². The first kappa shape index (κ1) is 27.1. The van der Waals surface area contributed by atoms with Crippen LogP contribution in [0.15, 0.2) is 30.7 Å². The zero-order valence-corrected chi connectivity index (χ0v) is 22.1. The fraction of sp³-hybridized carbons (Fsp3) is 0.593. The van der Waals surface area contributed by atoms with Crippen molar-refractivity contribution in [3.63, 3.8) is 0 Å². The fourth-order valence-corrected chi connectivity index (χ4v) is 5.85. The van der Waals surface area contributed by atoms with E-state index in [-0.39, 0.29) is 43.2 Å². The molecule has 2 N–H and O–H groups in total. The third kappa shape index (κ3) is 5.94. The summed E-state index contributed by atoms with van der Waals surface area (Å²) >= 11 is 0. The van der Waals surface area contributed by atoms with E-state index in [0.29, 0.717) is 35.1 Å². The van der Waals surface area contributed by atoms with Gasteiger partial charge < -0.3 is 10.6 Å². The van der Waals surface area contributed by atoms with E-state index < -0.39 is 18.0 Å². The molecule has 1 aliphatic carbocycles. The SMILES string of the molecule is CCn1nccc1C(=O)N[C@H](c1cn2ncc(CC3C[C@@H](C(F)(F)F)CNC3=O)cc2n1)[C@H]1CC[C@H](C)CC1. The molecular weight excluding hydrogens is 511 g/mol. The number of aryl methyl sites for hydroxylation is 1. The van der Waals surface area contributed by atoms with E-state index in [2.05, 4.69) is 27.8 Å². The second-order valence-electron chi connectivity index (χ2n) is 11.0. The molecular formula is C27H34F3N7O2. The summed E-state index contributed by atoms with van der Waals surface area (Å²) in [6.07, 6.45) is 4.59. The molecule has 210 valence electrons. The quantitative estimate of drug-likeness (QED) is 0.465. The van der Waals surface area contributed by atoms with Gasteiger partial charge in [0.1, 0.15) is 5.69 Å². The van der Waals surface area contributed by atoms with Crippen molar-refractivity contribution >= 4 is 17.5 Å². The van der Waals surface area contributed by atoms with Gasteiger partial charge in [0.25, 0.3) is 5.91 Å². The van der Waals surface area contributed by atoms with Gasteiger partial charge in [-0.15, -0.1) is 0 Å². The Labute approximate surface area is 224 Å². The van der Waals surface area contributed by atoms with E-state index >= 15 is 0 Å². The maximum atomic E-state index is 13.3. The van der Waals surface area contributed by atoms with Crippen LogP contribution in [0, 0.1) is 23.7 Å².